The Morgan fingerprint density at radius 2 is 1.04 bits per heavy atom. The maximum atomic E-state index is 13.4. The van der Waals surface area contributed by atoms with Gasteiger partial charge >= 0.3 is 12.4 Å². The number of para-hydroxylation sites is 1. The van der Waals surface area contributed by atoms with Crippen LogP contribution in [-0.2, 0) is 0 Å². The SMILES string of the molecule is Cc1ccc(O)cn1.O=C(Nc1c(F)cccc1F)c1cc(O)ccc1Br.O=C(Nc1ccc(F)cc1F)c1cccc(O)c1.O=C(c1ccc(O)c(F)c1)C(F)(F)F.Oc1ccc(Br)c(-c2nc(-c3ccccn3)no2)c1.Oc1ccc(C(O)C(F)(F)F)cc1F.Oc1ccc(F)nc1.Oc1cncc(Br)c1.Oc1cncc(Nc2cccc(F)c2)c1. The third-order valence-corrected chi connectivity index (χ3v) is 16.2. The van der Waals surface area contributed by atoms with Crippen molar-refractivity contribution in [1.82, 2.24) is 35.1 Å². The Hall–Kier alpha value is -14.3. The minimum absolute atomic E-state index is 0.0219. The summed E-state index contributed by atoms with van der Waals surface area (Å²) in [6.45, 7) is 1.87. The molecule has 0 saturated heterocycles. The molecule has 1 atom stereocenters. The fraction of sp³-hybridized carbons (Fsp3) is 0.0488. The monoisotopic (exact) mass is 1910 g/mol. The minimum Gasteiger partial charge on any atom is -0.508 e. The molecule has 0 aliphatic rings. The maximum absolute atomic E-state index is 13.4. The van der Waals surface area contributed by atoms with E-state index < -0.39 is 105 Å². The molecule has 41 heteroatoms. The lowest BCUT2D eigenvalue weighted by molar-refractivity contribution is -0.206. The van der Waals surface area contributed by atoms with Crippen LogP contribution in [0.3, 0.4) is 0 Å². The van der Waals surface area contributed by atoms with Crippen LogP contribution in [0.15, 0.2) is 274 Å². The number of ketones is 1. The Balaban J connectivity index is 0.000000217. The number of aryl methyl sites for hydroxylation is 1. The van der Waals surface area contributed by atoms with Gasteiger partial charge in [-0.3, -0.25) is 34.3 Å². The van der Waals surface area contributed by atoms with Crippen molar-refractivity contribution in [2.75, 3.05) is 16.0 Å². The maximum Gasteiger partial charge on any atom is 0.454 e. The number of amides is 2. The molecule has 640 valence electrons. The molecule has 0 fully saturated rings. The number of benzene rings is 8. The molecule has 14 aromatic rings. The van der Waals surface area contributed by atoms with E-state index in [4.69, 9.17) is 40.3 Å². The molecule has 0 aliphatic heterocycles. The first-order chi connectivity index (χ1) is 58.0. The summed E-state index contributed by atoms with van der Waals surface area (Å²) in [7, 11) is 0. The fourth-order valence-electron chi connectivity index (χ4n) is 8.68. The highest BCUT2D eigenvalue weighted by molar-refractivity contribution is 9.11. The number of Topliss-reactive ketones (excluding diaryl/α,β-unsaturated/α-hetero) is 1. The molecule has 0 bridgehead atoms. The average molecular weight is 1910 g/mol. The third-order valence-electron chi connectivity index (χ3n) is 14.4. The first-order valence-electron chi connectivity index (χ1n) is 33.8. The Morgan fingerprint density at radius 3 is 1.59 bits per heavy atom. The topological polar surface area (TPSA) is 393 Å². The molecule has 8 aromatic carbocycles. The van der Waals surface area contributed by atoms with Crippen molar-refractivity contribution in [3.8, 4) is 74.7 Å². The Labute approximate surface area is 710 Å². The number of rotatable bonds is 10. The number of aromatic hydroxyl groups is 9. The summed E-state index contributed by atoms with van der Waals surface area (Å²) in [5, 5.41) is 100. The van der Waals surface area contributed by atoms with Crippen LogP contribution in [0.5, 0.6) is 51.7 Å². The van der Waals surface area contributed by atoms with Crippen LogP contribution in [-0.4, -0.2) is 116 Å². The van der Waals surface area contributed by atoms with Crippen molar-refractivity contribution in [3.63, 3.8) is 0 Å². The second-order valence-electron chi connectivity index (χ2n) is 23.7. The summed E-state index contributed by atoms with van der Waals surface area (Å²) in [6, 6.07) is 44.7. The van der Waals surface area contributed by atoms with Crippen LogP contribution in [0, 0.1) is 53.6 Å². The lowest BCUT2D eigenvalue weighted by Gasteiger charge is -2.14. The number of carbonyl (C=O) groups is 3. The lowest BCUT2D eigenvalue weighted by Crippen LogP contribution is -2.22. The molecule has 0 spiro atoms. The number of aromatic nitrogens is 7. The zero-order valence-electron chi connectivity index (χ0n) is 62.0. The second-order valence-corrected chi connectivity index (χ2v) is 26.3. The van der Waals surface area contributed by atoms with Gasteiger partial charge in [0.1, 0.15) is 80.7 Å². The molecule has 13 N–H and O–H groups in total. The first kappa shape index (κ1) is 97.5. The number of alkyl halides is 6. The van der Waals surface area contributed by atoms with Gasteiger partial charge in [0, 0.05) is 60.5 Å². The quantitative estimate of drug-likeness (QED) is 0.0343. The van der Waals surface area contributed by atoms with Crippen LogP contribution < -0.4 is 16.0 Å². The van der Waals surface area contributed by atoms with E-state index in [1.165, 1.54) is 91.4 Å². The van der Waals surface area contributed by atoms with E-state index in [0.29, 0.717) is 69.2 Å². The number of nitrogens with one attached hydrogen (secondary N) is 3. The molecule has 6 heterocycles. The van der Waals surface area contributed by atoms with Crippen molar-refractivity contribution in [2.45, 2.75) is 25.4 Å². The van der Waals surface area contributed by atoms with Crippen LogP contribution in [0.1, 0.15) is 48.4 Å². The van der Waals surface area contributed by atoms with E-state index in [9.17, 15) is 91.2 Å². The highest BCUT2D eigenvalue weighted by Crippen LogP contribution is 2.35. The standard InChI is InChI=1S/C13H8BrF2NO2.C13H8BrN3O2.C13H9F2NO2.C11H9FN2O.C8H6F4O2.C8H4F4O2.C6H7NO.C5H4BrNO.C5H4FNO/c14-9-5-4-7(18)6-8(9)13(19)17-12-10(15)2-1-3-11(12)16;14-10-5-4-8(18)7-9(10)13-16-12(17-19-13)11-3-1-2-6-15-11;14-9-4-5-12(11(15)7-9)16-13(18)8-2-1-3-10(17)6-8;12-8-2-1-3-9(4-8)14-10-5-11(15)7-13-6-10;2*9-5-3-4(1-2-6(5)13)7(14)8(10,11)12;1-5-2-3-6(8)4-7-5;6-4-1-5(8)3-7-2-4;6-5-2-1-4(8)3-7-5/h1-6,18H,(H,17,19);1-7,18H;1-7,17H,(H,16,18);1-7,14-15H;1-3,7,13-14H;1-3,13H;2-4,8H,1H3;2*1-3,8H. The Bertz CT molecular complexity index is 5680. The number of hydrogen-bond donors (Lipinski definition) is 13. The molecule has 6 aromatic heterocycles. The van der Waals surface area contributed by atoms with Crippen molar-refractivity contribution >= 4 is 88.1 Å². The highest BCUT2D eigenvalue weighted by Gasteiger charge is 2.40. The van der Waals surface area contributed by atoms with Crippen LogP contribution in [0.25, 0.3) is 23.0 Å². The van der Waals surface area contributed by atoms with Gasteiger partial charge in [0.15, 0.2) is 29.2 Å². The number of hydrogen-bond acceptors (Lipinski definition) is 22. The molecule has 123 heavy (non-hydrogen) atoms. The van der Waals surface area contributed by atoms with Gasteiger partial charge in [-0.15, -0.1) is 0 Å². The van der Waals surface area contributed by atoms with Gasteiger partial charge in [0.2, 0.25) is 11.8 Å². The number of aliphatic hydroxyl groups is 1. The molecule has 1 unspecified atom stereocenters. The predicted octanol–water partition coefficient (Wildman–Crippen LogP) is 20.5. The summed E-state index contributed by atoms with van der Waals surface area (Å²) in [6.07, 6.45) is -2.61. The zero-order valence-corrected chi connectivity index (χ0v) is 66.7. The second kappa shape index (κ2) is 46.9. The van der Waals surface area contributed by atoms with E-state index in [1.807, 2.05) is 19.1 Å². The minimum atomic E-state index is -5.04. The van der Waals surface area contributed by atoms with Crippen LogP contribution in [0.2, 0.25) is 0 Å². The van der Waals surface area contributed by atoms with Crippen molar-refractivity contribution in [3.05, 3.63) is 344 Å². The van der Waals surface area contributed by atoms with E-state index in [-0.39, 0.29) is 62.9 Å². The number of pyridine rings is 5. The van der Waals surface area contributed by atoms with E-state index in [1.54, 1.807) is 73.2 Å². The zero-order chi connectivity index (χ0) is 90.8. The van der Waals surface area contributed by atoms with Crippen molar-refractivity contribution in [2.24, 2.45) is 0 Å². The molecule has 14 rings (SSSR count). The van der Waals surface area contributed by atoms with Gasteiger partial charge in [-0.05, 0) is 230 Å². The van der Waals surface area contributed by atoms with Gasteiger partial charge in [-0.1, -0.05) is 35.5 Å². The molecular formula is C82H59Br3F14N10O14. The third kappa shape index (κ3) is 33.4. The van der Waals surface area contributed by atoms with Crippen LogP contribution in [0.4, 0.5) is 84.2 Å². The number of nitrogens with zero attached hydrogens (tertiary/aromatic N) is 7. The molecular weight excluding hydrogens is 1850 g/mol. The number of phenols is 5. The lowest BCUT2D eigenvalue weighted by atomic mass is 10.1. The highest BCUT2D eigenvalue weighted by atomic mass is 79.9. The molecule has 0 radical (unpaired) electrons. The molecule has 0 saturated carbocycles. The van der Waals surface area contributed by atoms with Gasteiger partial charge < -0.3 is 71.5 Å². The van der Waals surface area contributed by atoms with Gasteiger partial charge in [0.25, 0.3) is 23.5 Å². The molecule has 2 amide bonds. The van der Waals surface area contributed by atoms with Crippen molar-refractivity contribution < 1.29 is 131 Å². The predicted molar refractivity (Wildman–Crippen MR) is 428 cm³/mol. The van der Waals surface area contributed by atoms with Gasteiger partial charge in [0.05, 0.1) is 53.5 Å². The van der Waals surface area contributed by atoms with E-state index >= 15 is 0 Å². The molecule has 24 nitrogen and oxygen atoms in total. The fourth-order valence-corrected chi connectivity index (χ4v) is 9.87. The summed E-state index contributed by atoms with van der Waals surface area (Å²) in [5.41, 5.74) is 1.53. The number of phenolic OH excluding ortho intramolecular Hbond substituents is 5. The summed E-state index contributed by atoms with van der Waals surface area (Å²) in [4.78, 5) is 57.1. The first-order valence-corrected chi connectivity index (χ1v) is 36.2. The normalized spacial score (nSPS) is 10.6. The number of anilines is 4. The van der Waals surface area contributed by atoms with Crippen molar-refractivity contribution in [1.29, 1.82) is 0 Å². The van der Waals surface area contributed by atoms with E-state index in [2.05, 4.69) is 98.8 Å². The molecule has 0 aliphatic carbocycles. The number of halogens is 17. The van der Waals surface area contributed by atoms with Gasteiger partial charge in [-0.25, -0.2) is 35.7 Å². The number of carbonyl (C=O) groups excluding carboxylic acids is 3. The summed E-state index contributed by atoms with van der Waals surface area (Å²) in [5.74, 6) is -10.6. The largest absolute Gasteiger partial charge is 0.508 e. The Morgan fingerprint density at radius 1 is 0.447 bits per heavy atom. The van der Waals surface area contributed by atoms with Gasteiger partial charge in [-0.2, -0.15) is 35.7 Å². The smallest absolute Gasteiger partial charge is 0.454 e. The Kier molecular flexibility index (Phi) is 37.2. The summed E-state index contributed by atoms with van der Waals surface area (Å²) >= 11 is 9.64. The summed E-state index contributed by atoms with van der Waals surface area (Å²) < 4.78 is 181. The van der Waals surface area contributed by atoms with E-state index in [0.717, 1.165) is 63.3 Å². The average Bonchev–Trinajstić information content (AvgIpc) is 1.72. The van der Waals surface area contributed by atoms with Crippen LogP contribution >= 0.6 is 47.8 Å². The number of aliphatic hydroxyl groups excluding tert-OH is 1.